The fourth-order valence-corrected chi connectivity index (χ4v) is 0.634. The molecule has 0 aromatic carbocycles. The lowest BCUT2D eigenvalue weighted by Crippen LogP contribution is -1.91. The van der Waals surface area contributed by atoms with Gasteiger partial charge in [-0.2, -0.15) is 0 Å². The van der Waals surface area contributed by atoms with E-state index < -0.39 is 6.17 Å². The van der Waals surface area contributed by atoms with E-state index in [0.717, 1.165) is 6.42 Å². The number of alkyl halides is 1. The van der Waals surface area contributed by atoms with E-state index in [2.05, 4.69) is 13.8 Å². The average molecular weight is 144 g/mol. The smallest absolute Gasteiger partial charge is 0.118 e. The summed E-state index contributed by atoms with van der Waals surface area (Å²) in [5, 5.41) is 0. The lowest BCUT2D eigenvalue weighted by Gasteiger charge is -1.98. The molecule has 0 N–H and O–H groups in total. The highest BCUT2D eigenvalue weighted by Crippen LogP contribution is 2.03. The van der Waals surface area contributed by atoms with Crippen molar-refractivity contribution in [2.24, 2.45) is 5.92 Å². The Bertz CT molecular complexity index is 94.9. The van der Waals surface area contributed by atoms with E-state index in [0.29, 0.717) is 12.3 Å². The van der Waals surface area contributed by atoms with Crippen molar-refractivity contribution >= 4 is 0 Å². The third-order valence-corrected chi connectivity index (χ3v) is 1.34. The molecule has 60 valence electrons. The average Bonchev–Trinajstić information content (AvgIpc) is 1.87. The maximum Gasteiger partial charge on any atom is 0.118 e. The van der Waals surface area contributed by atoms with Crippen LogP contribution in [0.25, 0.3) is 0 Å². The Balaban J connectivity index is 3.36. The third kappa shape index (κ3) is 5.80. The predicted octanol–water partition coefficient (Wildman–Crippen LogP) is 3.34. The van der Waals surface area contributed by atoms with Gasteiger partial charge in [0.15, 0.2) is 0 Å². The van der Waals surface area contributed by atoms with Crippen molar-refractivity contribution in [1.82, 2.24) is 0 Å². The Hall–Kier alpha value is -0.330. The van der Waals surface area contributed by atoms with Gasteiger partial charge in [-0.1, -0.05) is 32.9 Å². The number of allylic oxidation sites excluding steroid dienone is 2. The van der Waals surface area contributed by atoms with Crippen molar-refractivity contribution < 1.29 is 4.39 Å². The standard InChI is InChI=1S/C9H17F/c1-4-9(10)7-5-6-8(2)3/h5,7-9H,4,6H2,1-3H3/b7-5-. The predicted molar refractivity (Wildman–Crippen MR) is 43.8 cm³/mol. The van der Waals surface area contributed by atoms with Gasteiger partial charge in [-0.05, 0) is 18.8 Å². The molecule has 0 bridgehead atoms. The number of hydrogen-bond acceptors (Lipinski definition) is 0. The van der Waals surface area contributed by atoms with E-state index >= 15 is 0 Å². The van der Waals surface area contributed by atoms with Crippen molar-refractivity contribution in [3.63, 3.8) is 0 Å². The first-order chi connectivity index (χ1) is 4.66. The van der Waals surface area contributed by atoms with Gasteiger partial charge in [-0.3, -0.25) is 0 Å². The van der Waals surface area contributed by atoms with E-state index in [1.807, 2.05) is 13.0 Å². The Kier molecular flexibility index (Phi) is 5.27. The Morgan fingerprint density at radius 3 is 2.40 bits per heavy atom. The molecule has 0 saturated heterocycles. The largest absolute Gasteiger partial charge is 0.243 e. The van der Waals surface area contributed by atoms with E-state index in [4.69, 9.17) is 0 Å². The van der Waals surface area contributed by atoms with Crippen molar-refractivity contribution in [2.75, 3.05) is 0 Å². The first-order valence-corrected chi connectivity index (χ1v) is 3.97. The molecule has 0 radical (unpaired) electrons. The lowest BCUT2D eigenvalue weighted by atomic mass is 10.1. The Morgan fingerprint density at radius 2 is 2.00 bits per heavy atom. The van der Waals surface area contributed by atoms with E-state index in [-0.39, 0.29) is 0 Å². The van der Waals surface area contributed by atoms with Crippen LogP contribution in [0.2, 0.25) is 0 Å². The van der Waals surface area contributed by atoms with Gasteiger partial charge >= 0.3 is 0 Å². The molecule has 1 heteroatoms. The molecule has 0 spiro atoms. The van der Waals surface area contributed by atoms with Crippen LogP contribution in [0.1, 0.15) is 33.6 Å². The fourth-order valence-electron chi connectivity index (χ4n) is 0.634. The van der Waals surface area contributed by atoms with Gasteiger partial charge in [0.05, 0.1) is 0 Å². The van der Waals surface area contributed by atoms with E-state index in [9.17, 15) is 4.39 Å². The molecule has 0 heterocycles. The van der Waals surface area contributed by atoms with Crippen LogP contribution in [0.5, 0.6) is 0 Å². The zero-order valence-electron chi connectivity index (χ0n) is 7.10. The molecule has 0 rings (SSSR count). The molecule has 0 amide bonds. The molecule has 0 aromatic heterocycles. The SMILES string of the molecule is CCC(F)/C=C\CC(C)C. The summed E-state index contributed by atoms with van der Waals surface area (Å²) in [7, 11) is 0. The van der Waals surface area contributed by atoms with Crippen molar-refractivity contribution in [3.8, 4) is 0 Å². The summed E-state index contributed by atoms with van der Waals surface area (Å²) < 4.78 is 12.5. The number of halogens is 1. The molecule has 0 aliphatic heterocycles. The second kappa shape index (κ2) is 5.45. The minimum atomic E-state index is -0.737. The summed E-state index contributed by atoms with van der Waals surface area (Å²) in [6.45, 7) is 6.11. The lowest BCUT2D eigenvalue weighted by molar-refractivity contribution is 0.389. The van der Waals surface area contributed by atoms with Gasteiger partial charge in [-0.25, -0.2) is 4.39 Å². The topological polar surface area (TPSA) is 0 Å². The van der Waals surface area contributed by atoms with E-state index in [1.54, 1.807) is 6.08 Å². The van der Waals surface area contributed by atoms with Crippen LogP contribution in [-0.2, 0) is 0 Å². The highest BCUT2D eigenvalue weighted by molar-refractivity contribution is 4.88. The van der Waals surface area contributed by atoms with Crippen LogP contribution < -0.4 is 0 Å². The van der Waals surface area contributed by atoms with Crippen LogP contribution in [0, 0.1) is 5.92 Å². The molecule has 1 atom stereocenters. The van der Waals surface area contributed by atoms with E-state index in [1.165, 1.54) is 0 Å². The third-order valence-electron chi connectivity index (χ3n) is 1.34. The molecular weight excluding hydrogens is 127 g/mol. The molecule has 0 fully saturated rings. The van der Waals surface area contributed by atoms with Crippen molar-refractivity contribution in [1.29, 1.82) is 0 Å². The fraction of sp³-hybridized carbons (Fsp3) is 0.778. The monoisotopic (exact) mass is 144 g/mol. The van der Waals surface area contributed by atoms with Crippen LogP contribution in [-0.4, -0.2) is 6.17 Å². The summed E-state index contributed by atoms with van der Waals surface area (Å²) in [4.78, 5) is 0. The van der Waals surface area contributed by atoms with Crippen molar-refractivity contribution in [2.45, 2.75) is 39.8 Å². The molecule has 1 unspecified atom stereocenters. The van der Waals surface area contributed by atoms with Crippen LogP contribution in [0.4, 0.5) is 4.39 Å². The number of rotatable bonds is 4. The molecule has 0 aliphatic rings. The Morgan fingerprint density at radius 1 is 1.40 bits per heavy atom. The summed E-state index contributed by atoms with van der Waals surface area (Å²) >= 11 is 0. The van der Waals surface area contributed by atoms with Crippen LogP contribution >= 0.6 is 0 Å². The summed E-state index contributed by atoms with van der Waals surface area (Å²) in [6, 6.07) is 0. The van der Waals surface area contributed by atoms with Gasteiger partial charge < -0.3 is 0 Å². The summed E-state index contributed by atoms with van der Waals surface area (Å²) in [5.41, 5.74) is 0. The zero-order chi connectivity index (χ0) is 7.98. The minimum Gasteiger partial charge on any atom is -0.243 e. The maximum absolute atomic E-state index is 12.5. The zero-order valence-corrected chi connectivity index (χ0v) is 7.10. The second-order valence-corrected chi connectivity index (χ2v) is 2.98. The number of hydrogen-bond donors (Lipinski definition) is 0. The van der Waals surface area contributed by atoms with Crippen LogP contribution in [0.3, 0.4) is 0 Å². The molecule has 0 saturated carbocycles. The van der Waals surface area contributed by atoms with Crippen molar-refractivity contribution in [3.05, 3.63) is 12.2 Å². The first-order valence-electron chi connectivity index (χ1n) is 3.97. The molecular formula is C9H17F. The molecule has 10 heavy (non-hydrogen) atoms. The minimum absolute atomic E-state index is 0.592. The highest BCUT2D eigenvalue weighted by Gasteiger charge is 1.94. The molecule has 0 nitrogen and oxygen atoms in total. The maximum atomic E-state index is 12.5. The summed E-state index contributed by atoms with van der Waals surface area (Å²) in [6.07, 6.45) is 4.42. The summed E-state index contributed by atoms with van der Waals surface area (Å²) in [5.74, 6) is 0.639. The van der Waals surface area contributed by atoms with Gasteiger partial charge in [0.1, 0.15) is 6.17 Å². The van der Waals surface area contributed by atoms with Gasteiger partial charge in [0.2, 0.25) is 0 Å². The molecule has 0 aromatic rings. The molecule has 0 aliphatic carbocycles. The highest BCUT2D eigenvalue weighted by atomic mass is 19.1. The normalized spacial score (nSPS) is 14.9. The van der Waals surface area contributed by atoms with Gasteiger partial charge in [0, 0.05) is 0 Å². The second-order valence-electron chi connectivity index (χ2n) is 2.98. The van der Waals surface area contributed by atoms with Gasteiger partial charge in [0.25, 0.3) is 0 Å². The first kappa shape index (κ1) is 9.67. The quantitative estimate of drug-likeness (QED) is 0.531. The Labute approximate surface area is 63.1 Å². The van der Waals surface area contributed by atoms with Gasteiger partial charge in [-0.15, -0.1) is 0 Å². The van der Waals surface area contributed by atoms with Crippen LogP contribution in [0.15, 0.2) is 12.2 Å².